The number of benzene rings is 3. The Labute approximate surface area is 242 Å². The minimum absolute atomic E-state index is 0.104. The highest BCUT2D eigenvalue weighted by Crippen LogP contribution is 2.48. The maximum Gasteiger partial charge on any atom is 0.242 e. The summed E-state index contributed by atoms with van der Waals surface area (Å²) in [7, 11) is 0. The normalized spacial score (nSPS) is 17.3. The van der Waals surface area contributed by atoms with Crippen molar-refractivity contribution in [1.82, 2.24) is 14.7 Å². The van der Waals surface area contributed by atoms with Gasteiger partial charge in [-0.05, 0) is 43.2 Å². The van der Waals surface area contributed by atoms with Gasteiger partial charge in [0.1, 0.15) is 18.2 Å². The van der Waals surface area contributed by atoms with Crippen LogP contribution in [0, 0.1) is 19.7 Å². The van der Waals surface area contributed by atoms with Gasteiger partial charge >= 0.3 is 0 Å². The first-order valence-electron chi connectivity index (χ1n) is 13.7. The number of aryl methyl sites for hydroxylation is 2. The van der Waals surface area contributed by atoms with Crippen LogP contribution in [0.4, 0.5) is 10.2 Å². The number of aromatic nitrogens is 2. The number of morpholine rings is 1. The molecule has 2 aliphatic heterocycles. The van der Waals surface area contributed by atoms with Gasteiger partial charge in [0.25, 0.3) is 0 Å². The van der Waals surface area contributed by atoms with E-state index in [2.05, 4.69) is 6.07 Å². The van der Waals surface area contributed by atoms with Crippen molar-refractivity contribution in [2.75, 3.05) is 43.5 Å². The smallest absolute Gasteiger partial charge is 0.242 e. The van der Waals surface area contributed by atoms with E-state index in [9.17, 15) is 14.0 Å². The Morgan fingerprint density at radius 3 is 2.46 bits per heavy atom. The minimum Gasteiger partial charge on any atom is -0.378 e. The molecule has 6 rings (SSSR count). The highest BCUT2D eigenvalue weighted by atomic mass is 32.2. The highest BCUT2D eigenvalue weighted by molar-refractivity contribution is 8.00. The summed E-state index contributed by atoms with van der Waals surface area (Å²) in [4.78, 5) is 30.8. The number of fused-ring (bicyclic) bond motifs is 1. The fourth-order valence-corrected chi connectivity index (χ4v) is 6.69. The van der Waals surface area contributed by atoms with E-state index in [0.29, 0.717) is 32.1 Å². The number of rotatable bonds is 5. The third kappa shape index (κ3) is 5.39. The molecule has 1 atom stereocenters. The lowest BCUT2D eigenvalue weighted by Crippen LogP contribution is -2.48. The average molecular weight is 571 g/mol. The third-order valence-corrected chi connectivity index (χ3v) is 8.80. The van der Waals surface area contributed by atoms with E-state index in [1.165, 1.54) is 23.9 Å². The molecule has 2 amide bonds. The second-order valence-electron chi connectivity index (χ2n) is 10.4. The average Bonchev–Trinajstić information content (AvgIpc) is 3.30. The van der Waals surface area contributed by atoms with E-state index in [1.807, 2.05) is 61.0 Å². The Morgan fingerprint density at radius 2 is 1.76 bits per heavy atom. The van der Waals surface area contributed by atoms with Crippen LogP contribution in [-0.4, -0.2) is 65.1 Å². The van der Waals surface area contributed by atoms with Gasteiger partial charge in [-0.1, -0.05) is 60.2 Å². The van der Waals surface area contributed by atoms with Crippen molar-refractivity contribution in [3.05, 3.63) is 101 Å². The predicted octanol–water partition coefficient (Wildman–Crippen LogP) is 5.32. The Hall–Kier alpha value is -3.95. The van der Waals surface area contributed by atoms with Gasteiger partial charge in [-0.15, -0.1) is 11.8 Å². The number of anilines is 1. The number of nitrogens with zero attached hydrogens (tertiary/aromatic N) is 4. The van der Waals surface area contributed by atoms with Gasteiger partial charge in [0.15, 0.2) is 0 Å². The number of carbonyl (C=O) groups excluding carboxylic acids is 2. The van der Waals surface area contributed by atoms with Gasteiger partial charge in [-0.25, -0.2) is 9.07 Å². The molecule has 0 spiro atoms. The van der Waals surface area contributed by atoms with E-state index in [1.54, 1.807) is 21.9 Å². The Balaban J connectivity index is 1.60. The molecule has 0 N–H and O–H groups in total. The zero-order chi connectivity index (χ0) is 28.5. The van der Waals surface area contributed by atoms with Crippen molar-refractivity contribution in [3.8, 4) is 16.9 Å². The van der Waals surface area contributed by atoms with Crippen molar-refractivity contribution in [2.24, 2.45) is 0 Å². The van der Waals surface area contributed by atoms with Gasteiger partial charge in [-0.3, -0.25) is 14.5 Å². The van der Waals surface area contributed by atoms with Crippen LogP contribution in [0.2, 0.25) is 0 Å². The van der Waals surface area contributed by atoms with Crippen molar-refractivity contribution < 1.29 is 18.7 Å². The fourth-order valence-electron chi connectivity index (χ4n) is 5.49. The van der Waals surface area contributed by atoms with Gasteiger partial charge in [0.2, 0.25) is 11.8 Å². The van der Waals surface area contributed by atoms with Gasteiger partial charge in [0, 0.05) is 24.2 Å². The SMILES string of the molecule is Cc1ccc(-n2nc(-c3ccccc3)c3c2N(CC(=O)N2CCOCC2)C(=O)CS[C@H]3c2ccc(F)cc2)c(C)c1. The summed E-state index contributed by atoms with van der Waals surface area (Å²) < 4.78 is 21.2. The molecular weight excluding hydrogens is 539 g/mol. The van der Waals surface area contributed by atoms with Crippen LogP contribution in [0.1, 0.15) is 27.5 Å². The molecule has 3 heterocycles. The first-order chi connectivity index (χ1) is 19.9. The highest BCUT2D eigenvalue weighted by Gasteiger charge is 2.38. The second kappa shape index (κ2) is 11.5. The quantitative estimate of drug-likeness (QED) is 0.325. The molecule has 1 fully saturated rings. The molecule has 3 aromatic carbocycles. The van der Waals surface area contributed by atoms with Crippen molar-refractivity contribution >= 4 is 29.4 Å². The molecule has 2 aliphatic rings. The summed E-state index contributed by atoms with van der Waals surface area (Å²) in [5.41, 5.74) is 6.25. The van der Waals surface area contributed by atoms with Crippen molar-refractivity contribution in [3.63, 3.8) is 0 Å². The van der Waals surface area contributed by atoms with E-state index in [-0.39, 0.29) is 35.2 Å². The number of amides is 2. The fraction of sp³-hybridized carbons (Fsp3) is 0.281. The maximum atomic E-state index is 14.0. The summed E-state index contributed by atoms with van der Waals surface area (Å²) in [5, 5.41) is 4.84. The van der Waals surface area contributed by atoms with Gasteiger partial charge < -0.3 is 9.64 Å². The first-order valence-corrected chi connectivity index (χ1v) is 14.7. The lowest BCUT2D eigenvalue weighted by molar-refractivity contribution is -0.134. The van der Waals surface area contributed by atoms with Crippen molar-refractivity contribution in [2.45, 2.75) is 19.1 Å². The standard InChI is InChI=1S/C32H31FN4O3S/c1-21-8-13-26(22(2)18-21)37-32-29(30(34-37)23-6-4-3-5-7-23)31(24-9-11-25(33)12-10-24)41-20-28(39)36(32)19-27(38)35-14-16-40-17-15-35/h3-13,18,31H,14-17,19-20H2,1-2H3/t31-/m0/s1. The number of thioether (sulfide) groups is 1. The lowest BCUT2D eigenvalue weighted by atomic mass is 9.99. The first kappa shape index (κ1) is 27.2. The molecule has 41 heavy (non-hydrogen) atoms. The lowest BCUT2D eigenvalue weighted by Gasteiger charge is -2.30. The summed E-state index contributed by atoms with van der Waals surface area (Å²) in [6, 6.07) is 22.4. The molecule has 210 valence electrons. The number of halogens is 1. The Kier molecular flexibility index (Phi) is 7.64. The molecule has 4 aromatic rings. The molecule has 1 aromatic heterocycles. The Bertz CT molecular complexity index is 1580. The molecule has 0 aliphatic carbocycles. The molecule has 0 unspecified atom stereocenters. The molecule has 0 saturated carbocycles. The van der Waals surface area contributed by atoms with Crippen LogP contribution in [-0.2, 0) is 14.3 Å². The van der Waals surface area contributed by atoms with Gasteiger partial charge in [0.05, 0.1) is 35.6 Å². The monoisotopic (exact) mass is 570 g/mol. The van der Waals surface area contributed by atoms with Crippen LogP contribution < -0.4 is 4.90 Å². The predicted molar refractivity (Wildman–Crippen MR) is 159 cm³/mol. The van der Waals surface area contributed by atoms with E-state index in [0.717, 1.165) is 39.2 Å². The summed E-state index contributed by atoms with van der Waals surface area (Å²) in [6.07, 6.45) is 0. The maximum absolute atomic E-state index is 14.0. The number of hydrogen-bond donors (Lipinski definition) is 0. The van der Waals surface area contributed by atoms with Gasteiger partial charge in [-0.2, -0.15) is 5.10 Å². The molecule has 1 saturated heterocycles. The number of hydrogen-bond acceptors (Lipinski definition) is 5. The zero-order valence-corrected chi connectivity index (χ0v) is 23.9. The third-order valence-electron chi connectivity index (χ3n) is 7.55. The molecule has 0 bridgehead atoms. The summed E-state index contributed by atoms with van der Waals surface area (Å²) >= 11 is 1.47. The van der Waals surface area contributed by atoms with Crippen LogP contribution >= 0.6 is 11.8 Å². The van der Waals surface area contributed by atoms with E-state index in [4.69, 9.17) is 9.84 Å². The molecule has 9 heteroatoms. The number of ether oxygens (including phenoxy) is 1. The van der Waals surface area contributed by atoms with Crippen LogP contribution in [0.15, 0.2) is 72.8 Å². The zero-order valence-electron chi connectivity index (χ0n) is 23.0. The van der Waals surface area contributed by atoms with E-state index >= 15 is 0 Å². The summed E-state index contributed by atoms with van der Waals surface area (Å²) in [5.74, 6) is 0.103. The number of carbonyl (C=O) groups is 2. The molecule has 0 radical (unpaired) electrons. The van der Waals surface area contributed by atoms with Crippen LogP contribution in [0.3, 0.4) is 0 Å². The second-order valence-corrected chi connectivity index (χ2v) is 11.5. The van der Waals surface area contributed by atoms with Crippen LogP contribution in [0.5, 0.6) is 0 Å². The Morgan fingerprint density at radius 1 is 1.02 bits per heavy atom. The summed E-state index contributed by atoms with van der Waals surface area (Å²) in [6.45, 7) is 5.89. The molecular formula is C32H31FN4O3S. The van der Waals surface area contributed by atoms with E-state index < -0.39 is 0 Å². The molecule has 7 nitrogen and oxygen atoms in total. The minimum atomic E-state index is -0.323. The van der Waals surface area contributed by atoms with Crippen molar-refractivity contribution in [1.29, 1.82) is 0 Å². The largest absolute Gasteiger partial charge is 0.378 e. The topological polar surface area (TPSA) is 67.7 Å². The van der Waals surface area contributed by atoms with Crippen LogP contribution in [0.25, 0.3) is 16.9 Å².